The number of aliphatic hydroxyl groups excluding tert-OH is 1. The van der Waals surface area contributed by atoms with E-state index >= 15 is 0 Å². The first kappa shape index (κ1) is 15.8. The van der Waals surface area contributed by atoms with Crippen molar-refractivity contribution in [3.8, 4) is 22.6 Å². The van der Waals surface area contributed by atoms with Crippen LogP contribution in [0.3, 0.4) is 0 Å². The summed E-state index contributed by atoms with van der Waals surface area (Å²) in [6.45, 7) is -0.437. The zero-order valence-electron chi connectivity index (χ0n) is 12.9. The Balaban J connectivity index is 1.98. The quantitative estimate of drug-likeness (QED) is 0.440. The third-order valence-electron chi connectivity index (χ3n) is 3.50. The average molecular weight is 320 g/mol. The molecular formula is C20H16O4. The van der Waals surface area contributed by atoms with Gasteiger partial charge in [-0.1, -0.05) is 54.6 Å². The molecule has 3 aromatic carbocycles. The lowest BCUT2D eigenvalue weighted by atomic mass is 9.99. The molecule has 0 saturated carbocycles. The van der Waals surface area contributed by atoms with E-state index in [9.17, 15) is 4.79 Å². The lowest BCUT2D eigenvalue weighted by Gasteiger charge is -2.13. The molecule has 0 fully saturated rings. The van der Waals surface area contributed by atoms with Gasteiger partial charge >= 0.3 is 5.97 Å². The van der Waals surface area contributed by atoms with Crippen LogP contribution in [0.25, 0.3) is 11.1 Å². The molecule has 0 heterocycles. The molecule has 4 heteroatoms. The van der Waals surface area contributed by atoms with Crippen LogP contribution in [0.2, 0.25) is 0 Å². The van der Waals surface area contributed by atoms with Crippen LogP contribution in [0.1, 0.15) is 10.4 Å². The second-order valence-corrected chi connectivity index (χ2v) is 5.02. The highest BCUT2D eigenvalue weighted by molar-refractivity contribution is 5.99. The molecule has 0 saturated heterocycles. The monoisotopic (exact) mass is 320 g/mol. The molecule has 0 bridgehead atoms. The first-order chi connectivity index (χ1) is 11.8. The molecule has 0 unspecified atom stereocenters. The smallest absolute Gasteiger partial charge is 0.344 e. The van der Waals surface area contributed by atoms with Gasteiger partial charge in [-0.05, 0) is 29.8 Å². The average Bonchev–Trinajstić information content (AvgIpc) is 2.63. The Morgan fingerprint density at radius 2 is 1.42 bits per heavy atom. The molecule has 120 valence electrons. The maximum absolute atomic E-state index is 12.6. The van der Waals surface area contributed by atoms with Crippen LogP contribution in [0, 0.1) is 0 Å². The SMILES string of the molecule is O=C(Oc1ccccc1)c1ccccc1-c1ccccc1OCO. The van der Waals surface area contributed by atoms with E-state index in [-0.39, 0.29) is 0 Å². The van der Waals surface area contributed by atoms with Crippen LogP contribution >= 0.6 is 0 Å². The number of esters is 1. The van der Waals surface area contributed by atoms with E-state index in [0.29, 0.717) is 28.2 Å². The summed E-state index contributed by atoms with van der Waals surface area (Å²) in [4.78, 5) is 12.6. The van der Waals surface area contributed by atoms with E-state index in [1.54, 1.807) is 48.5 Å². The molecule has 3 aromatic rings. The van der Waals surface area contributed by atoms with Crippen LogP contribution in [-0.4, -0.2) is 17.9 Å². The molecule has 0 aliphatic carbocycles. The summed E-state index contributed by atoms with van der Waals surface area (Å²) < 4.78 is 10.7. The Labute approximate surface area is 139 Å². The number of para-hydroxylation sites is 2. The van der Waals surface area contributed by atoms with E-state index in [1.165, 1.54) is 0 Å². The summed E-state index contributed by atoms with van der Waals surface area (Å²) in [5, 5.41) is 9.05. The minimum Gasteiger partial charge on any atom is -0.467 e. The highest BCUT2D eigenvalue weighted by Crippen LogP contribution is 2.32. The molecule has 0 amide bonds. The summed E-state index contributed by atoms with van der Waals surface area (Å²) in [6, 6.07) is 23.3. The van der Waals surface area contributed by atoms with Crippen molar-refractivity contribution in [3.05, 3.63) is 84.4 Å². The molecule has 0 aliphatic rings. The van der Waals surface area contributed by atoms with Crippen molar-refractivity contribution < 1.29 is 19.4 Å². The van der Waals surface area contributed by atoms with Gasteiger partial charge in [0.15, 0.2) is 6.79 Å². The first-order valence-corrected chi connectivity index (χ1v) is 7.49. The van der Waals surface area contributed by atoms with Crippen molar-refractivity contribution in [2.24, 2.45) is 0 Å². The van der Waals surface area contributed by atoms with Crippen LogP contribution < -0.4 is 9.47 Å². The molecule has 3 rings (SSSR count). The van der Waals surface area contributed by atoms with E-state index in [0.717, 1.165) is 0 Å². The van der Waals surface area contributed by atoms with Crippen molar-refractivity contribution in [1.82, 2.24) is 0 Å². The van der Waals surface area contributed by atoms with Gasteiger partial charge in [0.1, 0.15) is 11.5 Å². The minimum absolute atomic E-state index is 0.426. The summed E-state index contributed by atoms with van der Waals surface area (Å²) in [5.74, 6) is 0.535. The van der Waals surface area contributed by atoms with Gasteiger partial charge in [0.2, 0.25) is 0 Å². The normalized spacial score (nSPS) is 10.2. The number of carbonyl (C=O) groups excluding carboxylic acids is 1. The maximum Gasteiger partial charge on any atom is 0.344 e. The van der Waals surface area contributed by atoms with Crippen molar-refractivity contribution in [3.63, 3.8) is 0 Å². The highest BCUT2D eigenvalue weighted by Gasteiger charge is 2.17. The standard InChI is InChI=1S/C20H16O4/c21-14-23-19-13-7-6-11-17(19)16-10-4-5-12-18(16)20(22)24-15-8-2-1-3-9-15/h1-13,21H,14H2. The fraction of sp³-hybridized carbons (Fsp3) is 0.0500. The Morgan fingerprint density at radius 1 is 0.792 bits per heavy atom. The van der Waals surface area contributed by atoms with Crippen molar-refractivity contribution in [2.75, 3.05) is 6.79 Å². The Hall–Kier alpha value is -3.11. The molecule has 0 aromatic heterocycles. The predicted molar refractivity (Wildman–Crippen MR) is 91.0 cm³/mol. The molecule has 0 radical (unpaired) electrons. The van der Waals surface area contributed by atoms with Crippen molar-refractivity contribution >= 4 is 5.97 Å². The Bertz CT molecular complexity index is 828. The summed E-state index contributed by atoms with van der Waals surface area (Å²) in [7, 11) is 0. The van der Waals surface area contributed by atoms with Gasteiger partial charge < -0.3 is 14.6 Å². The van der Waals surface area contributed by atoms with E-state index in [4.69, 9.17) is 14.6 Å². The molecule has 24 heavy (non-hydrogen) atoms. The number of ether oxygens (including phenoxy) is 2. The minimum atomic E-state index is -0.449. The zero-order chi connectivity index (χ0) is 16.8. The van der Waals surface area contributed by atoms with Gasteiger partial charge in [0.05, 0.1) is 5.56 Å². The van der Waals surface area contributed by atoms with Gasteiger partial charge in [0, 0.05) is 5.56 Å². The zero-order valence-corrected chi connectivity index (χ0v) is 12.9. The third kappa shape index (κ3) is 3.45. The summed E-state index contributed by atoms with van der Waals surface area (Å²) in [5.41, 5.74) is 1.82. The fourth-order valence-electron chi connectivity index (χ4n) is 2.43. The lowest BCUT2D eigenvalue weighted by molar-refractivity contribution is 0.0735. The van der Waals surface area contributed by atoms with Gasteiger partial charge in [-0.2, -0.15) is 0 Å². The number of benzene rings is 3. The van der Waals surface area contributed by atoms with Crippen LogP contribution in [0.5, 0.6) is 11.5 Å². The Kier molecular flexibility index (Phi) is 4.89. The van der Waals surface area contributed by atoms with Crippen LogP contribution in [0.4, 0.5) is 0 Å². The second kappa shape index (κ2) is 7.44. The summed E-state index contributed by atoms with van der Waals surface area (Å²) >= 11 is 0. The first-order valence-electron chi connectivity index (χ1n) is 7.49. The molecule has 4 nitrogen and oxygen atoms in total. The number of hydrogen-bond acceptors (Lipinski definition) is 4. The number of carbonyl (C=O) groups is 1. The Morgan fingerprint density at radius 3 is 2.17 bits per heavy atom. The predicted octanol–water partition coefficient (Wildman–Crippen LogP) is 3.90. The fourth-order valence-corrected chi connectivity index (χ4v) is 2.43. The van der Waals surface area contributed by atoms with Gasteiger partial charge in [-0.25, -0.2) is 4.79 Å². The molecule has 0 aliphatic heterocycles. The van der Waals surface area contributed by atoms with Gasteiger partial charge in [-0.3, -0.25) is 0 Å². The number of rotatable bonds is 5. The molecule has 1 N–H and O–H groups in total. The van der Waals surface area contributed by atoms with Crippen molar-refractivity contribution in [2.45, 2.75) is 0 Å². The van der Waals surface area contributed by atoms with Crippen LogP contribution in [-0.2, 0) is 0 Å². The lowest BCUT2D eigenvalue weighted by Crippen LogP contribution is -2.10. The molecule has 0 spiro atoms. The van der Waals surface area contributed by atoms with Crippen molar-refractivity contribution in [1.29, 1.82) is 0 Å². The van der Waals surface area contributed by atoms with Crippen LogP contribution in [0.15, 0.2) is 78.9 Å². The number of hydrogen-bond donors (Lipinski definition) is 1. The highest BCUT2D eigenvalue weighted by atomic mass is 16.6. The number of aliphatic hydroxyl groups is 1. The summed E-state index contributed by atoms with van der Waals surface area (Å²) in [6.07, 6.45) is 0. The van der Waals surface area contributed by atoms with E-state index in [1.807, 2.05) is 30.3 Å². The maximum atomic E-state index is 12.6. The largest absolute Gasteiger partial charge is 0.467 e. The molecule has 0 atom stereocenters. The van der Waals surface area contributed by atoms with E-state index in [2.05, 4.69) is 0 Å². The van der Waals surface area contributed by atoms with Gasteiger partial charge in [-0.15, -0.1) is 0 Å². The third-order valence-corrected chi connectivity index (χ3v) is 3.50. The second-order valence-electron chi connectivity index (χ2n) is 5.02. The van der Waals surface area contributed by atoms with Gasteiger partial charge in [0.25, 0.3) is 0 Å². The molecular weight excluding hydrogens is 304 g/mol. The topological polar surface area (TPSA) is 55.8 Å². The van der Waals surface area contributed by atoms with E-state index < -0.39 is 12.8 Å².